The van der Waals surface area contributed by atoms with Gasteiger partial charge in [0.2, 0.25) is 0 Å². The largest absolute Gasteiger partial charge is 0.481 e. The number of carboxylic acid groups (broad SMARTS) is 1. The molecule has 0 bridgehead atoms. The lowest BCUT2D eigenvalue weighted by Gasteiger charge is -2.42. The molecular formula is C20H29F2N3O2. The number of nitrogens with one attached hydrogen (secondary N) is 1. The van der Waals surface area contributed by atoms with Crippen LogP contribution in [0.4, 0.5) is 14.6 Å². The highest BCUT2D eigenvalue weighted by molar-refractivity contribution is 5.66. The number of aliphatic carboxylic acids is 1. The topological polar surface area (TPSA) is 65.5 Å². The van der Waals surface area contributed by atoms with Gasteiger partial charge in [0.1, 0.15) is 5.82 Å². The molecule has 2 N–H and O–H groups in total. The van der Waals surface area contributed by atoms with E-state index in [0.29, 0.717) is 13.0 Å². The van der Waals surface area contributed by atoms with Crippen LogP contribution in [0.1, 0.15) is 56.2 Å². The number of carbonyl (C=O) groups is 1. The Morgan fingerprint density at radius 3 is 2.78 bits per heavy atom. The monoisotopic (exact) mass is 381 g/mol. The average Bonchev–Trinajstić information content (AvgIpc) is 2.61. The van der Waals surface area contributed by atoms with Crippen molar-refractivity contribution in [3.8, 4) is 0 Å². The first-order valence-corrected chi connectivity index (χ1v) is 9.99. The van der Waals surface area contributed by atoms with Gasteiger partial charge in [-0.15, -0.1) is 0 Å². The van der Waals surface area contributed by atoms with E-state index in [1.165, 1.54) is 5.56 Å². The Hall–Kier alpha value is -1.76. The molecular weight excluding hydrogens is 352 g/mol. The van der Waals surface area contributed by atoms with E-state index >= 15 is 0 Å². The van der Waals surface area contributed by atoms with E-state index in [1.54, 1.807) is 0 Å². The number of hydrogen-bond donors (Lipinski definition) is 2. The summed E-state index contributed by atoms with van der Waals surface area (Å²) in [6, 6.07) is 4.13. The molecule has 2 heterocycles. The minimum atomic E-state index is -2.55. The van der Waals surface area contributed by atoms with Gasteiger partial charge in [0.05, 0.1) is 0 Å². The van der Waals surface area contributed by atoms with Crippen LogP contribution >= 0.6 is 0 Å². The number of anilines is 1. The molecule has 3 rings (SSSR count). The summed E-state index contributed by atoms with van der Waals surface area (Å²) in [7, 11) is 0. The van der Waals surface area contributed by atoms with E-state index in [-0.39, 0.29) is 25.3 Å². The van der Waals surface area contributed by atoms with Crippen molar-refractivity contribution in [2.45, 2.75) is 69.8 Å². The van der Waals surface area contributed by atoms with Crippen LogP contribution in [0.3, 0.4) is 0 Å². The molecule has 0 amide bonds. The fourth-order valence-corrected chi connectivity index (χ4v) is 3.93. The van der Waals surface area contributed by atoms with Crippen LogP contribution in [0.5, 0.6) is 0 Å². The maximum Gasteiger partial charge on any atom is 0.303 e. The number of aromatic nitrogens is 1. The van der Waals surface area contributed by atoms with Crippen molar-refractivity contribution in [2.75, 3.05) is 25.0 Å². The van der Waals surface area contributed by atoms with Crippen molar-refractivity contribution in [1.82, 2.24) is 9.88 Å². The molecule has 1 aliphatic carbocycles. The van der Waals surface area contributed by atoms with Crippen LogP contribution < -0.4 is 5.32 Å². The number of unbranched alkanes of at least 4 members (excludes halogenated alkanes) is 1. The predicted molar refractivity (Wildman–Crippen MR) is 100 cm³/mol. The van der Waals surface area contributed by atoms with Gasteiger partial charge in [-0.3, -0.25) is 9.69 Å². The molecule has 0 spiro atoms. The van der Waals surface area contributed by atoms with Gasteiger partial charge in [0.15, 0.2) is 0 Å². The molecule has 0 aromatic carbocycles. The highest BCUT2D eigenvalue weighted by Gasteiger charge is 2.47. The molecule has 1 aromatic rings. The van der Waals surface area contributed by atoms with E-state index in [0.717, 1.165) is 56.7 Å². The number of pyridine rings is 1. The van der Waals surface area contributed by atoms with Crippen LogP contribution in [0, 0.1) is 0 Å². The normalized spacial score (nSPS) is 18.6. The minimum absolute atomic E-state index is 0.0889. The van der Waals surface area contributed by atoms with E-state index < -0.39 is 11.9 Å². The lowest BCUT2D eigenvalue weighted by atomic mass is 9.86. The number of aryl methyl sites for hydroxylation is 2. The van der Waals surface area contributed by atoms with E-state index in [4.69, 9.17) is 10.1 Å². The first-order chi connectivity index (χ1) is 12.9. The summed E-state index contributed by atoms with van der Waals surface area (Å²) in [5.41, 5.74) is 2.34. The highest BCUT2D eigenvalue weighted by Crippen LogP contribution is 2.40. The molecule has 1 aromatic heterocycles. The SMILES string of the molecule is O=C(O)CCCN(CCCCc1ccc2c(n1)NCCC2)C1CC(F)(F)C1. The van der Waals surface area contributed by atoms with E-state index in [2.05, 4.69) is 22.3 Å². The Morgan fingerprint density at radius 2 is 2.04 bits per heavy atom. The summed E-state index contributed by atoms with van der Waals surface area (Å²) in [4.78, 5) is 17.5. The van der Waals surface area contributed by atoms with Crippen molar-refractivity contribution >= 4 is 11.8 Å². The summed E-state index contributed by atoms with van der Waals surface area (Å²) >= 11 is 0. The maximum atomic E-state index is 13.2. The second-order valence-corrected chi connectivity index (χ2v) is 7.75. The minimum Gasteiger partial charge on any atom is -0.481 e. The van der Waals surface area contributed by atoms with Crippen molar-refractivity contribution < 1.29 is 18.7 Å². The number of hydrogen-bond acceptors (Lipinski definition) is 4. The van der Waals surface area contributed by atoms with Crippen LogP contribution in [0.25, 0.3) is 0 Å². The maximum absolute atomic E-state index is 13.2. The molecule has 7 heteroatoms. The predicted octanol–water partition coefficient (Wildman–Crippen LogP) is 3.73. The molecule has 1 fully saturated rings. The third-order valence-corrected chi connectivity index (χ3v) is 5.50. The Balaban J connectivity index is 1.43. The number of rotatable bonds is 10. The smallest absolute Gasteiger partial charge is 0.303 e. The Morgan fingerprint density at radius 1 is 1.26 bits per heavy atom. The Bertz CT molecular complexity index is 646. The van der Waals surface area contributed by atoms with Crippen LogP contribution in [0.15, 0.2) is 12.1 Å². The molecule has 0 radical (unpaired) electrons. The molecule has 0 unspecified atom stereocenters. The number of halogens is 2. The Labute approximate surface area is 159 Å². The molecule has 1 saturated carbocycles. The molecule has 1 aliphatic heterocycles. The zero-order valence-corrected chi connectivity index (χ0v) is 15.7. The van der Waals surface area contributed by atoms with Gasteiger partial charge in [-0.05, 0) is 63.2 Å². The lowest BCUT2D eigenvalue weighted by molar-refractivity contribution is -0.138. The quantitative estimate of drug-likeness (QED) is 0.605. The summed E-state index contributed by atoms with van der Waals surface area (Å²) in [5, 5.41) is 12.1. The zero-order valence-electron chi connectivity index (χ0n) is 15.7. The van der Waals surface area contributed by atoms with Crippen LogP contribution in [0.2, 0.25) is 0 Å². The molecule has 2 aliphatic rings. The van der Waals surface area contributed by atoms with Crippen LogP contribution in [-0.4, -0.2) is 52.6 Å². The number of fused-ring (bicyclic) bond motifs is 1. The molecule has 5 nitrogen and oxygen atoms in total. The fraction of sp³-hybridized carbons (Fsp3) is 0.700. The average molecular weight is 381 g/mol. The molecule has 0 atom stereocenters. The molecule has 150 valence electrons. The van der Waals surface area contributed by atoms with Gasteiger partial charge in [-0.2, -0.15) is 0 Å². The number of nitrogens with zero attached hydrogens (tertiary/aromatic N) is 2. The summed E-state index contributed by atoms with van der Waals surface area (Å²) < 4.78 is 26.4. The Kier molecular flexibility index (Phi) is 6.63. The summed E-state index contributed by atoms with van der Waals surface area (Å²) in [6.45, 7) is 2.29. The van der Waals surface area contributed by atoms with Gasteiger partial charge in [-0.25, -0.2) is 13.8 Å². The second-order valence-electron chi connectivity index (χ2n) is 7.75. The molecule has 27 heavy (non-hydrogen) atoms. The van der Waals surface area contributed by atoms with Crippen LogP contribution in [-0.2, 0) is 17.6 Å². The third-order valence-electron chi connectivity index (χ3n) is 5.50. The zero-order chi connectivity index (χ0) is 19.3. The van der Waals surface area contributed by atoms with Crippen molar-refractivity contribution in [3.63, 3.8) is 0 Å². The standard InChI is InChI=1S/C20H29F2N3O2/c21-20(22)13-17(14-20)25(12-4-7-18(26)27)11-2-1-6-16-9-8-15-5-3-10-23-19(15)24-16/h8-9,17H,1-7,10-14H2,(H,23,24)(H,26,27). The summed E-state index contributed by atoms with van der Waals surface area (Å²) in [5.74, 6) is -2.37. The molecule has 0 saturated heterocycles. The van der Waals surface area contributed by atoms with Gasteiger partial charge < -0.3 is 10.4 Å². The van der Waals surface area contributed by atoms with Crippen molar-refractivity contribution in [1.29, 1.82) is 0 Å². The van der Waals surface area contributed by atoms with E-state index in [9.17, 15) is 13.6 Å². The number of alkyl halides is 2. The van der Waals surface area contributed by atoms with E-state index in [1.807, 2.05) is 0 Å². The third kappa shape index (κ3) is 5.86. The van der Waals surface area contributed by atoms with Crippen molar-refractivity contribution in [2.24, 2.45) is 0 Å². The number of carboxylic acids is 1. The van der Waals surface area contributed by atoms with Gasteiger partial charge in [0.25, 0.3) is 5.92 Å². The highest BCUT2D eigenvalue weighted by atomic mass is 19.3. The first-order valence-electron chi connectivity index (χ1n) is 9.99. The van der Waals surface area contributed by atoms with Gasteiger partial charge in [0, 0.05) is 37.5 Å². The van der Waals surface area contributed by atoms with Gasteiger partial charge in [-0.1, -0.05) is 6.07 Å². The fourth-order valence-electron chi connectivity index (χ4n) is 3.93. The van der Waals surface area contributed by atoms with Gasteiger partial charge >= 0.3 is 5.97 Å². The summed E-state index contributed by atoms with van der Waals surface area (Å²) in [6.07, 6.45) is 5.35. The lowest BCUT2D eigenvalue weighted by Crippen LogP contribution is -2.51. The van der Waals surface area contributed by atoms with Crippen molar-refractivity contribution in [3.05, 3.63) is 23.4 Å². The second kappa shape index (κ2) is 8.95. The first kappa shape index (κ1) is 20.0.